The molecule has 3 rings (SSSR count). The summed E-state index contributed by atoms with van der Waals surface area (Å²) in [4.78, 5) is 33.0. The Morgan fingerprint density at radius 1 is 1.23 bits per heavy atom. The highest BCUT2D eigenvalue weighted by Crippen LogP contribution is 2.16. The lowest BCUT2D eigenvalue weighted by atomic mass is 10.1. The molecule has 0 atom stereocenters. The number of benzene rings is 1. The number of anilines is 2. The molecule has 1 aliphatic rings. The van der Waals surface area contributed by atoms with E-state index in [1.165, 1.54) is 0 Å². The molecule has 0 spiro atoms. The summed E-state index contributed by atoms with van der Waals surface area (Å²) in [6, 6.07) is 7.67. The van der Waals surface area contributed by atoms with Gasteiger partial charge in [-0.15, -0.1) is 0 Å². The molecule has 9 nitrogen and oxygen atoms in total. The van der Waals surface area contributed by atoms with Gasteiger partial charge in [-0.3, -0.25) is 14.3 Å². The second kappa shape index (κ2) is 10.1. The van der Waals surface area contributed by atoms with E-state index in [0.29, 0.717) is 19.6 Å². The van der Waals surface area contributed by atoms with Crippen LogP contribution in [0.3, 0.4) is 0 Å². The first-order valence-corrected chi connectivity index (χ1v) is 10.6. The van der Waals surface area contributed by atoms with E-state index < -0.39 is 0 Å². The largest absolute Gasteiger partial charge is 0.356 e. The first kappa shape index (κ1) is 22.3. The van der Waals surface area contributed by atoms with E-state index in [1.54, 1.807) is 15.8 Å². The maximum Gasteiger partial charge on any atom is 0.246 e. The molecule has 2 amide bonds. The molecule has 0 unspecified atom stereocenters. The van der Waals surface area contributed by atoms with Crippen molar-refractivity contribution in [2.75, 3.05) is 36.4 Å². The van der Waals surface area contributed by atoms with Crippen LogP contribution in [0, 0.1) is 5.92 Å². The number of piperazine rings is 1. The highest BCUT2D eigenvalue weighted by atomic mass is 16.2. The van der Waals surface area contributed by atoms with Gasteiger partial charge in [0.05, 0.1) is 18.4 Å². The monoisotopic (exact) mass is 425 g/mol. The molecule has 0 bridgehead atoms. The Morgan fingerprint density at radius 3 is 2.55 bits per heavy atom. The van der Waals surface area contributed by atoms with E-state index >= 15 is 0 Å². The van der Waals surface area contributed by atoms with Crippen molar-refractivity contribution < 1.29 is 9.59 Å². The zero-order valence-corrected chi connectivity index (χ0v) is 18.6. The Morgan fingerprint density at radius 2 is 1.97 bits per heavy atom. The fourth-order valence-electron chi connectivity index (χ4n) is 3.25. The van der Waals surface area contributed by atoms with Crippen LogP contribution in [0.1, 0.15) is 26.3 Å². The van der Waals surface area contributed by atoms with Crippen LogP contribution in [0.5, 0.6) is 0 Å². The maximum atomic E-state index is 12.7. The first-order valence-electron chi connectivity index (χ1n) is 10.6. The fraction of sp³-hybridized carbons (Fsp3) is 0.455. The minimum atomic E-state index is -0.0618. The Labute approximate surface area is 183 Å². The van der Waals surface area contributed by atoms with Gasteiger partial charge in [-0.1, -0.05) is 26.0 Å². The molecule has 1 aromatic carbocycles. The zero-order chi connectivity index (χ0) is 22.4. The number of nitrogens with zero attached hydrogens (tertiary/aromatic N) is 5. The summed E-state index contributed by atoms with van der Waals surface area (Å²) in [6.45, 7) is 8.47. The molecule has 2 N–H and O–H groups in total. The third-order valence-corrected chi connectivity index (χ3v) is 5.02. The molecule has 0 aliphatic carbocycles. The average Bonchev–Trinajstić information content (AvgIpc) is 3.18. The number of rotatable bonds is 6. The number of carbonyl (C=O) groups is 2. The van der Waals surface area contributed by atoms with Crippen molar-refractivity contribution in [2.45, 2.75) is 27.3 Å². The van der Waals surface area contributed by atoms with E-state index in [9.17, 15) is 9.59 Å². The van der Waals surface area contributed by atoms with Gasteiger partial charge >= 0.3 is 0 Å². The quantitative estimate of drug-likeness (QED) is 0.544. The number of aliphatic imine (C=N–C) groups is 1. The first-order chi connectivity index (χ1) is 14.9. The van der Waals surface area contributed by atoms with Crippen LogP contribution < -0.4 is 15.5 Å². The van der Waals surface area contributed by atoms with Gasteiger partial charge in [0, 0.05) is 44.5 Å². The number of nitrogens with one attached hydrogen (secondary N) is 2. The molecule has 166 valence electrons. The molecule has 1 fully saturated rings. The number of hydrogen-bond acceptors (Lipinski definition) is 4. The van der Waals surface area contributed by atoms with Gasteiger partial charge in [-0.25, -0.2) is 4.99 Å². The number of aryl methyl sites for hydroxylation is 1. The number of amides is 2. The number of aromatic nitrogens is 2. The SMILES string of the molecule is CCNC(=NCc1ccc(NC(=O)C(C)C)cc1)N1CCN(c2cnn(C)c2)C(=O)C1. The van der Waals surface area contributed by atoms with Gasteiger partial charge in [0.2, 0.25) is 11.8 Å². The summed E-state index contributed by atoms with van der Waals surface area (Å²) in [7, 11) is 1.84. The summed E-state index contributed by atoms with van der Waals surface area (Å²) < 4.78 is 1.69. The van der Waals surface area contributed by atoms with E-state index in [-0.39, 0.29) is 24.3 Å². The van der Waals surface area contributed by atoms with Crippen LogP contribution in [0.2, 0.25) is 0 Å². The van der Waals surface area contributed by atoms with Crippen molar-refractivity contribution in [3.63, 3.8) is 0 Å². The van der Waals surface area contributed by atoms with Gasteiger partial charge in [0.15, 0.2) is 5.96 Å². The van der Waals surface area contributed by atoms with E-state index in [2.05, 4.69) is 15.7 Å². The van der Waals surface area contributed by atoms with Crippen molar-refractivity contribution in [3.8, 4) is 0 Å². The van der Waals surface area contributed by atoms with Crippen molar-refractivity contribution in [2.24, 2.45) is 18.0 Å². The number of guanidine groups is 1. The molecular formula is C22H31N7O2. The molecule has 2 aromatic rings. The lowest BCUT2D eigenvalue weighted by Gasteiger charge is -2.35. The zero-order valence-electron chi connectivity index (χ0n) is 18.6. The molecule has 0 saturated carbocycles. The lowest BCUT2D eigenvalue weighted by molar-refractivity contribution is -0.120. The van der Waals surface area contributed by atoms with Crippen molar-refractivity contribution in [3.05, 3.63) is 42.2 Å². The molecule has 1 aromatic heterocycles. The topological polar surface area (TPSA) is 94.9 Å². The third kappa shape index (κ3) is 5.84. The second-order valence-electron chi connectivity index (χ2n) is 7.85. The Kier molecular flexibility index (Phi) is 7.28. The van der Waals surface area contributed by atoms with Crippen LogP contribution >= 0.6 is 0 Å². The summed E-state index contributed by atoms with van der Waals surface area (Å²) in [5.41, 5.74) is 2.62. The van der Waals surface area contributed by atoms with E-state index in [0.717, 1.165) is 29.4 Å². The molecule has 2 heterocycles. The number of carbonyl (C=O) groups excluding carboxylic acids is 2. The van der Waals surface area contributed by atoms with Crippen LogP contribution in [-0.2, 0) is 23.2 Å². The van der Waals surface area contributed by atoms with Gasteiger partial charge in [-0.05, 0) is 24.6 Å². The summed E-state index contributed by atoms with van der Waals surface area (Å²) in [6.07, 6.45) is 3.56. The average molecular weight is 426 g/mol. The highest BCUT2D eigenvalue weighted by Gasteiger charge is 2.27. The molecule has 1 saturated heterocycles. The Hall–Kier alpha value is -3.36. The van der Waals surface area contributed by atoms with Gasteiger partial charge in [0.1, 0.15) is 6.54 Å². The van der Waals surface area contributed by atoms with Gasteiger partial charge in [-0.2, -0.15) is 5.10 Å². The van der Waals surface area contributed by atoms with E-state index in [4.69, 9.17) is 4.99 Å². The molecule has 1 aliphatic heterocycles. The smallest absolute Gasteiger partial charge is 0.246 e. The van der Waals surface area contributed by atoms with Crippen LogP contribution in [0.15, 0.2) is 41.7 Å². The molecule has 9 heteroatoms. The minimum absolute atomic E-state index is 0.00436. The molecular weight excluding hydrogens is 394 g/mol. The van der Waals surface area contributed by atoms with E-state index in [1.807, 2.05) is 63.2 Å². The third-order valence-electron chi connectivity index (χ3n) is 5.02. The Bertz CT molecular complexity index is 934. The molecule has 0 radical (unpaired) electrons. The lowest BCUT2D eigenvalue weighted by Crippen LogP contribution is -2.55. The predicted octanol–water partition coefficient (Wildman–Crippen LogP) is 1.83. The maximum absolute atomic E-state index is 12.7. The predicted molar refractivity (Wildman–Crippen MR) is 122 cm³/mol. The number of hydrogen-bond donors (Lipinski definition) is 2. The van der Waals surface area contributed by atoms with Crippen LogP contribution in [-0.4, -0.2) is 58.6 Å². The second-order valence-corrected chi connectivity index (χ2v) is 7.85. The van der Waals surface area contributed by atoms with Crippen molar-refractivity contribution >= 4 is 29.1 Å². The summed E-state index contributed by atoms with van der Waals surface area (Å²) in [5.74, 6) is 0.678. The van der Waals surface area contributed by atoms with Crippen molar-refractivity contribution in [1.82, 2.24) is 20.0 Å². The standard InChI is InChI=1S/C22H31N7O2/c1-5-23-22(24-12-17-6-8-18(9-7-17)26-21(31)16(2)3)28-10-11-29(20(30)15-28)19-13-25-27(4)14-19/h6-9,13-14,16H,5,10-12,15H2,1-4H3,(H,23,24)(H,26,31). The van der Waals surface area contributed by atoms with Crippen LogP contribution in [0.25, 0.3) is 0 Å². The van der Waals surface area contributed by atoms with Crippen LogP contribution in [0.4, 0.5) is 11.4 Å². The summed E-state index contributed by atoms with van der Waals surface area (Å²) >= 11 is 0. The van der Waals surface area contributed by atoms with Crippen molar-refractivity contribution in [1.29, 1.82) is 0 Å². The molecule has 31 heavy (non-hydrogen) atoms. The normalized spacial score (nSPS) is 14.9. The van der Waals surface area contributed by atoms with Gasteiger partial charge < -0.3 is 20.4 Å². The summed E-state index contributed by atoms with van der Waals surface area (Å²) in [5, 5.41) is 10.3. The highest BCUT2D eigenvalue weighted by molar-refractivity contribution is 5.98. The van der Waals surface area contributed by atoms with Gasteiger partial charge in [0.25, 0.3) is 0 Å². The fourth-order valence-corrected chi connectivity index (χ4v) is 3.25. The minimum Gasteiger partial charge on any atom is -0.356 e. The Balaban J connectivity index is 1.62.